The molecule has 0 aliphatic carbocycles. The highest BCUT2D eigenvalue weighted by Gasteiger charge is 2.05. The number of ether oxygens (including phenoxy) is 2. The second-order valence-electron chi connectivity index (χ2n) is 6.38. The highest BCUT2D eigenvalue weighted by Crippen LogP contribution is 2.13. The maximum atomic E-state index is 12.2. The van der Waals surface area contributed by atoms with Crippen LogP contribution in [0.2, 0.25) is 0 Å². The fraction of sp³-hybridized carbons (Fsp3) is 0.227. The van der Waals surface area contributed by atoms with Crippen LogP contribution in [-0.4, -0.2) is 22.0 Å². The van der Waals surface area contributed by atoms with E-state index in [9.17, 15) is 9.59 Å². The summed E-state index contributed by atoms with van der Waals surface area (Å²) in [5, 5.41) is 0. The van der Waals surface area contributed by atoms with Crippen molar-refractivity contribution >= 4 is 17.7 Å². The number of hydrogen-bond donors (Lipinski definition) is 0. The third-order valence-electron chi connectivity index (χ3n) is 3.99. The summed E-state index contributed by atoms with van der Waals surface area (Å²) in [5.41, 5.74) is 2.54. The number of aryl methyl sites for hydroxylation is 1. The second-order valence-corrected chi connectivity index (χ2v) is 6.38. The SMILES string of the molecule is CCCOc1ccc(/C=C/C(=O)OCc2cc(=O)n3cc(C)ccc3n2)cc1. The quantitative estimate of drug-likeness (QED) is 0.464. The molecule has 0 unspecified atom stereocenters. The molecule has 6 nitrogen and oxygen atoms in total. The molecule has 0 N–H and O–H groups in total. The van der Waals surface area contributed by atoms with Crippen LogP contribution in [0.15, 0.2) is 59.5 Å². The first-order valence-electron chi connectivity index (χ1n) is 9.12. The normalized spacial score (nSPS) is 11.1. The van der Waals surface area contributed by atoms with Gasteiger partial charge in [0, 0.05) is 18.3 Å². The molecule has 2 heterocycles. The lowest BCUT2D eigenvalue weighted by Gasteiger charge is -2.05. The topological polar surface area (TPSA) is 69.9 Å². The first-order valence-corrected chi connectivity index (χ1v) is 9.12. The van der Waals surface area contributed by atoms with E-state index >= 15 is 0 Å². The molecular weight excluding hydrogens is 356 g/mol. The molecule has 0 aliphatic rings. The molecule has 0 atom stereocenters. The van der Waals surface area contributed by atoms with E-state index in [-0.39, 0.29) is 12.2 Å². The minimum absolute atomic E-state index is 0.0629. The Bertz CT molecular complexity index is 1050. The van der Waals surface area contributed by atoms with E-state index in [2.05, 4.69) is 4.98 Å². The zero-order valence-electron chi connectivity index (χ0n) is 15.9. The molecule has 3 aromatic rings. The molecule has 0 bridgehead atoms. The Morgan fingerprint density at radius 1 is 1.18 bits per heavy atom. The molecule has 0 amide bonds. The van der Waals surface area contributed by atoms with Crippen LogP contribution in [0.4, 0.5) is 0 Å². The van der Waals surface area contributed by atoms with E-state index in [4.69, 9.17) is 9.47 Å². The Labute approximate surface area is 163 Å². The molecule has 0 fully saturated rings. The van der Waals surface area contributed by atoms with Gasteiger partial charge in [0.05, 0.1) is 12.3 Å². The van der Waals surface area contributed by atoms with Crippen molar-refractivity contribution in [2.75, 3.05) is 6.61 Å². The summed E-state index contributed by atoms with van der Waals surface area (Å²) in [6, 6.07) is 12.4. The Hall–Kier alpha value is -3.41. The van der Waals surface area contributed by atoms with Gasteiger partial charge in [0.15, 0.2) is 0 Å². The van der Waals surface area contributed by atoms with E-state index in [0.717, 1.165) is 23.3 Å². The third-order valence-corrected chi connectivity index (χ3v) is 3.99. The van der Waals surface area contributed by atoms with Crippen LogP contribution < -0.4 is 10.3 Å². The molecule has 144 valence electrons. The van der Waals surface area contributed by atoms with Gasteiger partial charge in [-0.25, -0.2) is 9.78 Å². The van der Waals surface area contributed by atoms with E-state index in [1.165, 1.54) is 16.5 Å². The van der Waals surface area contributed by atoms with Crippen LogP contribution in [0.1, 0.15) is 30.2 Å². The molecule has 6 heteroatoms. The summed E-state index contributed by atoms with van der Waals surface area (Å²) in [5.74, 6) is 0.294. The number of pyridine rings is 1. The van der Waals surface area contributed by atoms with Crippen molar-refractivity contribution in [2.45, 2.75) is 26.9 Å². The van der Waals surface area contributed by atoms with Gasteiger partial charge in [0.1, 0.15) is 18.0 Å². The Kier molecular flexibility index (Phi) is 6.22. The molecule has 0 saturated carbocycles. The first-order chi connectivity index (χ1) is 13.5. The molecule has 0 aliphatic heterocycles. The van der Waals surface area contributed by atoms with Gasteiger partial charge in [-0.15, -0.1) is 0 Å². The molecule has 3 rings (SSSR count). The molecule has 2 aromatic heterocycles. The summed E-state index contributed by atoms with van der Waals surface area (Å²) in [4.78, 5) is 28.5. The number of fused-ring (bicyclic) bond motifs is 1. The summed E-state index contributed by atoms with van der Waals surface area (Å²) >= 11 is 0. The van der Waals surface area contributed by atoms with Crippen LogP contribution >= 0.6 is 0 Å². The number of nitrogens with zero attached hydrogens (tertiary/aromatic N) is 2. The Morgan fingerprint density at radius 3 is 2.71 bits per heavy atom. The number of esters is 1. The highest BCUT2D eigenvalue weighted by atomic mass is 16.5. The molecule has 0 spiro atoms. The average molecular weight is 378 g/mol. The van der Waals surface area contributed by atoms with Crippen molar-refractivity contribution in [1.82, 2.24) is 9.38 Å². The van der Waals surface area contributed by atoms with Crippen molar-refractivity contribution in [1.29, 1.82) is 0 Å². The minimum Gasteiger partial charge on any atom is -0.494 e. The molecular formula is C22H22N2O4. The lowest BCUT2D eigenvalue weighted by atomic mass is 10.2. The summed E-state index contributed by atoms with van der Waals surface area (Å²) in [6.07, 6.45) is 5.68. The monoisotopic (exact) mass is 378 g/mol. The van der Waals surface area contributed by atoms with Gasteiger partial charge in [-0.2, -0.15) is 0 Å². The Balaban J connectivity index is 1.59. The van der Waals surface area contributed by atoms with Crippen LogP contribution in [0.3, 0.4) is 0 Å². The first kappa shape index (κ1) is 19.4. The van der Waals surface area contributed by atoms with Gasteiger partial charge in [0.25, 0.3) is 5.56 Å². The van der Waals surface area contributed by atoms with Crippen LogP contribution in [0, 0.1) is 6.92 Å². The van der Waals surface area contributed by atoms with Crippen molar-refractivity contribution < 1.29 is 14.3 Å². The number of hydrogen-bond acceptors (Lipinski definition) is 5. The molecule has 1 aromatic carbocycles. The summed E-state index contributed by atoms with van der Waals surface area (Å²) < 4.78 is 12.2. The summed E-state index contributed by atoms with van der Waals surface area (Å²) in [6.45, 7) is 4.56. The third kappa shape index (κ3) is 5.07. The predicted molar refractivity (Wildman–Crippen MR) is 107 cm³/mol. The predicted octanol–water partition coefficient (Wildman–Crippen LogP) is 3.55. The lowest BCUT2D eigenvalue weighted by molar-refractivity contribution is -0.139. The van der Waals surface area contributed by atoms with Crippen LogP contribution in [0.5, 0.6) is 5.75 Å². The van der Waals surface area contributed by atoms with E-state index in [1.54, 1.807) is 18.3 Å². The zero-order valence-corrected chi connectivity index (χ0v) is 15.9. The van der Waals surface area contributed by atoms with Gasteiger partial charge in [-0.1, -0.05) is 25.1 Å². The van der Waals surface area contributed by atoms with Gasteiger partial charge in [-0.05, 0) is 48.7 Å². The highest BCUT2D eigenvalue weighted by molar-refractivity contribution is 5.87. The van der Waals surface area contributed by atoms with Crippen LogP contribution in [-0.2, 0) is 16.1 Å². The number of rotatable bonds is 7. The fourth-order valence-corrected chi connectivity index (χ4v) is 2.58. The largest absolute Gasteiger partial charge is 0.494 e. The van der Waals surface area contributed by atoms with Crippen molar-refractivity contribution in [2.24, 2.45) is 0 Å². The number of carbonyl (C=O) groups excluding carboxylic acids is 1. The van der Waals surface area contributed by atoms with Gasteiger partial charge in [-0.3, -0.25) is 9.20 Å². The maximum absolute atomic E-state index is 12.2. The minimum atomic E-state index is -0.503. The van der Waals surface area contributed by atoms with E-state index < -0.39 is 5.97 Å². The van der Waals surface area contributed by atoms with Crippen molar-refractivity contribution in [3.05, 3.63) is 81.9 Å². The number of carbonyl (C=O) groups is 1. The van der Waals surface area contributed by atoms with Crippen molar-refractivity contribution in [3.63, 3.8) is 0 Å². The zero-order chi connectivity index (χ0) is 19.9. The maximum Gasteiger partial charge on any atom is 0.331 e. The molecule has 0 radical (unpaired) electrons. The fourth-order valence-electron chi connectivity index (χ4n) is 2.58. The summed E-state index contributed by atoms with van der Waals surface area (Å²) in [7, 11) is 0. The van der Waals surface area contributed by atoms with E-state index in [0.29, 0.717) is 17.9 Å². The average Bonchev–Trinajstić information content (AvgIpc) is 2.70. The van der Waals surface area contributed by atoms with Gasteiger partial charge >= 0.3 is 5.97 Å². The van der Waals surface area contributed by atoms with Gasteiger partial charge in [0.2, 0.25) is 0 Å². The Morgan fingerprint density at radius 2 is 1.96 bits per heavy atom. The van der Waals surface area contributed by atoms with Gasteiger partial charge < -0.3 is 9.47 Å². The number of aromatic nitrogens is 2. The smallest absolute Gasteiger partial charge is 0.331 e. The number of benzene rings is 1. The molecule has 28 heavy (non-hydrogen) atoms. The van der Waals surface area contributed by atoms with Crippen molar-refractivity contribution in [3.8, 4) is 5.75 Å². The van der Waals surface area contributed by atoms with Crippen LogP contribution in [0.25, 0.3) is 11.7 Å². The second kappa shape index (κ2) is 8.99. The standard InChI is InChI=1S/C22H22N2O4/c1-3-12-27-19-8-5-17(6-9-19)7-11-22(26)28-15-18-13-21(25)24-14-16(2)4-10-20(24)23-18/h4-11,13-14H,3,12,15H2,1-2H3/b11-7+. The molecule has 0 saturated heterocycles. The van der Waals surface area contributed by atoms with E-state index in [1.807, 2.05) is 44.2 Å². The lowest BCUT2D eigenvalue weighted by Crippen LogP contribution is -2.16.